The summed E-state index contributed by atoms with van der Waals surface area (Å²) in [6, 6.07) is 4.41. The number of rotatable bonds is 4. The van der Waals surface area contributed by atoms with Crippen molar-refractivity contribution in [2.45, 2.75) is 33.1 Å². The summed E-state index contributed by atoms with van der Waals surface area (Å²) in [5, 5.41) is 19.1. The highest BCUT2D eigenvalue weighted by atomic mass is 32.1. The van der Waals surface area contributed by atoms with E-state index in [1.54, 1.807) is 24.0 Å². The standard InChI is InChI=1S/C17H18N6O3S/c1-10-11(6-5-7-12(10)23(25)26)14(24)21-16-20-13(17(2,3)4)15(27-16)22-9-18-8-19-22/h5-9H,1-4H3,(H,20,21,24). The Labute approximate surface area is 159 Å². The molecule has 0 aliphatic rings. The van der Waals surface area contributed by atoms with Gasteiger partial charge in [-0.2, -0.15) is 5.10 Å². The molecule has 0 atom stereocenters. The molecule has 0 aliphatic heterocycles. The zero-order valence-electron chi connectivity index (χ0n) is 15.3. The van der Waals surface area contributed by atoms with Crippen molar-refractivity contribution < 1.29 is 9.72 Å². The highest BCUT2D eigenvalue weighted by molar-refractivity contribution is 7.18. The van der Waals surface area contributed by atoms with Crippen molar-refractivity contribution in [3.8, 4) is 5.00 Å². The third kappa shape index (κ3) is 3.70. The third-order valence-corrected chi connectivity index (χ3v) is 4.87. The molecule has 1 aromatic carbocycles. The van der Waals surface area contributed by atoms with Crippen LogP contribution in [0.4, 0.5) is 10.8 Å². The van der Waals surface area contributed by atoms with Crippen LogP contribution >= 0.6 is 11.3 Å². The van der Waals surface area contributed by atoms with Gasteiger partial charge < -0.3 is 0 Å². The van der Waals surface area contributed by atoms with Gasteiger partial charge in [-0.25, -0.2) is 14.6 Å². The predicted molar refractivity (Wildman–Crippen MR) is 102 cm³/mol. The minimum absolute atomic E-state index is 0.0968. The summed E-state index contributed by atoms with van der Waals surface area (Å²) in [4.78, 5) is 31.8. The highest BCUT2D eigenvalue weighted by Gasteiger charge is 2.26. The lowest BCUT2D eigenvalue weighted by Gasteiger charge is -2.16. The molecule has 2 aromatic heterocycles. The molecule has 0 saturated heterocycles. The maximum atomic E-state index is 12.7. The molecule has 2 heterocycles. The average Bonchev–Trinajstić information content (AvgIpc) is 3.23. The van der Waals surface area contributed by atoms with Crippen LogP contribution in [0.5, 0.6) is 0 Å². The van der Waals surface area contributed by atoms with Crippen LogP contribution in [0.3, 0.4) is 0 Å². The molecule has 0 aliphatic carbocycles. The Morgan fingerprint density at radius 1 is 1.33 bits per heavy atom. The van der Waals surface area contributed by atoms with Crippen LogP contribution in [0.25, 0.3) is 5.00 Å². The molecule has 3 aromatic rings. The fourth-order valence-electron chi connectivity index (χ4n) is 2.55. The van der Waals surface area contributed by atoms with Crippen LogP contribution in [0.2, 0.25) is 0 Å². The second-order valence-electron chi connectivity index (χ2n) is 6.92. The number of nitro groups is 1. The van der Waals surface area contributed by atoms with Crippen LogP contribution in [-0.2, 0) is 5.41 Å². The number of aromatic nitrogens is 4. The lowest BCUT2D eigenvalue weighted by atomic mass is 9.92. The van der Waals surface area contributed by atoms with Gasteiger partial charge in [-0.05, 0) is 13.0 Å². The Morgan fingerprint density at radius 3 is 2.67 bits per heavy atom. The van der Waals surface area contributed by atoms with Crippen LogP contribution in [0.1, 0.15) is 42.4 Å². The Balaban J connectivity index is 1.96. The number of amides is 1. The molecule has 3 rings (SSSR count). The van der Waals surface area contributed by atoms with Gasteiger partial charge in [0, 0.05) is 22.6 Å². The van der Waals surface area contributed by atoms with Gasteiger partial charge in [0.05, 0.1) is 10.6 Å². The summed E-state index contributed by atoms with van der Waals surface area (Å²) in [6.45, 7) is 7.59. The van der Waals surface area contributed by atoms with E-state index in [0.717, 1.165) is 10.7 Å². The Bertz CT molecular complexity index is 1000. The molecule has 10 heteroatoms. The summed E-state index contributed by atoms with van der Waals surface area (Å²) >= 11 is 1.27. The molecule has 0 unspecified atom stereocenters. The molecule has 0 bridgehead atoms. The first-order chi connectivity index (χ1) is 12.7. The number of hydrogen-bond donors (Lipinski definition) is 1. The molecule has 0 spiro atoms. The molecule has 27 heavy (non-hydrogen) atoms. The van der Waals surface area contributed by atoms with Gasteiger partial charge in [0.15, 0.2) is 5.13 Å². The zero-order chi connectivity index (χ0) is 19.8. The summed E-state index contributed by atoms with van der Waals surface area (Å²) in [5.74, 6) is -0.449. The number of nitrogens with one attached hydrogen (secondary N) is 1. The lowest BCUT2D eigenvalue weighted by Crippen LogP contribution is -2.16. The van der Waals surface area contributed by atoms with Crippen LogP contribution in [0.15, 0.2) is 30.9 Å². The smallest absolute Gasteiger partial charge is 0.273 e. The quantitative estimate of drug-likeness (QED) is 0.542. The number of carbonyl (C=O) groups excluding carboxylic acids is 1. The van der Waals surface area contributed by atoms with E-state index in [9.17, 15) is 14.9 Å². The zero-order valence-corrected chi connectivity index (χ0v) is 16.1. The Hall–Kier alpha value is -3.14. The van der Waals surface area contributed by atoms with Crippen molar-refractivity contribution in [1.29, 1.82) is 0 Å². The number of anilines is 1. The minimum Gasteiger partial charge on any atom is -0.298 e. The number of nitrogens with zero attached hydrogens (tertiary/aromatic N) is 5. The molecular weight excluding hydrogens is 368 g/mol. The van der Waals surface area contributed by atoms with Crippen molar-refractivity contribution in [3.63, 3.8) is 0 Å². The van der Waals surface area contributed by atoms with Crippen molar-refractivity contribution in [2.75, 3.05) is 5.32 Å². The van der Waals surface area contributed by atoms with Gasteiger partial charge in [-0.3, -0.25) is 20.2 Å². The number of thiazole rings is 1. The topological polar surface area (TPSA) is 116 Å². The molecule has 0 radical (unpaired) electrons. The van der Waals surface area contributed by atoms with Crippen LogP contribution in [0, 0.1) is 17.0 Å². The van der Waals surface area contributed by atoms with E-state index < -0.39 is 10.8 Å². The summed E-state index contributed by atoms with van der Waals surface area (Å²) in [5.41, 5.74) is 0.940. The summed E-state index contributed by atoms with van der Waals surface area (Å²) in [6.07, 6.45) is 3.00. The maximum absolute atomic E-state index is 12.7. The first-order valence-electron chi connectivity index (χ1n) is 8.10. The van der Waals surface area contributed by atoms with Crippen LogP contribution in [-0.4, -0.2) is 30.6 Å². The lowest BCUT2D eigenvalue weighted by molar-refractivity contribution is -0.385. The first-order valence-corrected chi connectivity index (χ1v) is 8.92. The SMILES string of the molecule is Cc1c(C(=O)Nc2nc(C(C)(C)C)c(-n3cncn3)s2)cccc1[N+](=O)[O-]. The summed E-state index contributed by atoms with van der Waals surface area (Å²) < 4.78 is 1.60. The fourth-order valence-corrected chi connectivity index (χ4v) is 3.65. The number of hydrogen-bond acceptors (Lipinski definition) is 7. The van der Waals surface area contributed by atoms with E-state index in [1.807, 2.05) is 20.8 Å². The second kappa shape index (κ2) is 6.88. The monoisotopic (exact) mass is 386 g/mol. The van der Waals surface area contributed by atoms with E-state index in [-0.39, 0.29) is 16.7 Å². The van der Waals surface area contributed by atoms with E-state index in [2.05, 4.69) is 20.4 Å². The van der Waals surface area contributed by atoms with E-state index >= 15 is 0 Å². The summed E-state index contributed by atoms with van der Waals surface area (Å²) in [7, 11) is 0. The van der Waals surface area contributed by atoms with Crippen molar-refractivity contribution in [2.24, 2.45) is 0 Å². The van der Waals surface area contributed by atoms with Gasteiger partial charge >= 0.3 is 0 Å². The van der Waals surface area contributed by atoms with Gasteiger partial charge in [-0.15, -0.1) is 0 Å². The average molecular weight is 386 g/mol. The van der Waals surface area contributed by atoms with E-state index in [1.165, 1.54) is 29.8 Å². The van der Waals surface area contributed by atoms with Gasteiger partial charge in [0.2, 0.25) is 0 Å². The number of carbonyl (C=O) groups is 1. The molecule has 9 nitrogen and oxygen atoms in total. The minimum atomic E-state index is -0.504. The highest BCUT2D eigenvalue weighted by Crippen LogP contribution is 2.34. The molecule has 1 N–H and O–H groups in total. The normalized spacial score (nSPS) is 11.4. The fraction of sp³-hybridized carbons (Fsp3) is 0.294. The van der Waals surface area contributed by atoms with Crippen LogP contribution < -0.4 is 5.32 Å². The maximum Gasteiger partial charge on any atom is 0.273 e. The largest absolute Gasteiger partial charge is 0.298 e. The second-order valence-corrected chi connectivity index (χ2v) is 7.90. The Morgan fingerprint density at radius 2 is 2.07 bits per heavy atom. The predicted octanol–water partition coefficient (Wildman–Crippen LogP) is 3.49. The molecule has 0 saturated carbocycles. The Kier molecular flexibility index (Phi) is 4.75. The van der Waals surface area contributed by atoms with Crippen molar-refractivity contribution in [1.82, 2.24) is 19.7 Å². The van der Waals surface area contributed by atoms with Crippen molar-refractivity contribution in [3.05, 3.63) is 57.8 Å². The molecular formula is C17H18N6O3S. The third-order valence-electron chi connectivity index (χ3n) is 3.91. The van der Waals surface area contributed by atoms with Gasteiger partial charge in [-0.1, -0.05) is 38.2 Å². The molecule has 0 fully saturated rings. The van der Waals surface area contributed by atoms with E-state index in [0.29, 0.717) is 10.7 Å². The van der Waals surface area contributed by atoms with Gasteiger partial charge in [0.1, 0.15) is 17.7 Å². The number of nitro benzene ring substituents is 1. The van der Waals surface area contributed by atoms with Gasteiger partial charge in [0.25, 0.3) is 11.6 Å². The first kappa shape index (κ1) is 18.6. The van der Waals surface area contributed by atoms with E-state index in [4.69, 9.17) is 0 Å². The molecule has 1 amide bonds. The molecule has 140 valence electrons. The van der Waals surface area contributed by atoms with Crippen molar-refractivity contribution >= 4 is 28.1 Å². The number of benzene rings is 1.